The molecule has 0 amide bonds. The third-order valence-electron chi connectivity index (χ3n) is 0. The van der Waals surface area contributed by atoms with Crippen LogP contribution in [0.3, 0.4) is 0 Å². The Morgan fingerprint density at radius 1 is 1.40 bits per heavy atom. The molecule has 0 unspecified atom stereocenters. The summed E-state index contributed by atoms with van der Waals surface area (Å²) in [5.41, 5.74) is 0. The maximum Gasteiger partial charge on any atom is 2.00 e. The van der Waals surface area contributed by atoms with Crippen LogP contribution in [0.2, 0.25) is 0 Å². The summed E-state index contributed by atoms with van der Waals surface area (Å²) in [4.78, 5) is 0. The molecule has 0 aromatic rings. The van der Waals surface area contributed by atoms with E-state index in [9.17, 15) is 0 Å². The molecule has 0 aliphatic rings. The van der Waals surface area contributed by atoms with E-state index in [1.165, 1.54) is 0 Å². The molecule has 24 valence electrons. The van der Waals surface area contributed by atoms with E-state index in [0.717, 1.165) is 0 Å². The summed E-state index contributed by atoms with van der Waals surface area (Å²) in [5.74, 6) is 0. The molecule has 0 spiro atoms. The quantitative estimate of drug-likeness (QED) is 0.407. The van der Waals surface area contributed by atoms with Crippen molar-refractivity contribution in [3.8, 4) is 0 Å². The fourth-order valence-electron chi connectivity index (χ4n) is 0. The van der Waals surface area contributed by atoms with Gasteiger partial charge in [0.2, 0.25) is 0 Å². The van der Waals surface area contributed by atoms with Gasteiger partial charge in [0.1, 0.15) is 0 Å². The first-order chi connectivity index (χ1) is 1.41. The molecule has 0 aliphatic carbocycles. The van der Waals surface area contributed by atoms with Crippen molar-refractivity contribution in [2.45, 2.75) is 0 Å². The van der Waals surface area contributed by atoms with Gasteiger partial charge in [-0.2, -0.15) is 0 Å². The zero-order valence-corrected chi connectivity index (χ0v) is 6.50. The van der Waals surface area contributed by atoms with Crippen LogP contribution in [0.15, 0.2) is 0 Å². The van der Waals surface area contributed by atoms with Crippen molar-refractivity contribution in [1.29, 1.82) is 0 Å². The molecule has 0 bridgehead atoms. The van der Waals surface area contributed by atoms with Crippen molar-refractivity contribution in [3.05, 3.63) is 0 Å². The van der Waals surface area contributed by atoms with Crippen LogP contribution in [0.5, 0.6) is 0 Å². The number of hydrogen-bond donors (Lipinski definition) is 0. The van der Waals surface area contributed by atoms with E-state index >= 15 is 0 Å². The van der Waals surface area contributed by atoms with Gasteiger partial charge in [-0.3, -0.25) is 8.92 Å². The summed E-state index contributed by atoms with van der Waals surface area (Å²) in [7, 11) is -1.42. The minimum Gasteiger partial charge on any atom is -1.00 e. The Balaban J connectivity index is -0.00000000333. The third kappa shape index (κ3) is 34.2. The van der Waals surface area contributed by atoms with Crippen molar-refractivity contribution in [2.24, 2.45) is 0 Å². The Hall–Kier alpha value is 1.30. The van der Waals surface area contributed by atoms with E-state index in [-0.39, 0.29) is 47.6 Å². The Morgan fingerprint density at radius 3 is 1.40 bits per heavy atom. The Morgan fingerprint density at radius 2 is 1.40 bits per heavy atom. The van der Waals surface area contributed by atoms with Crippen molar-refractivity contribution in [2.75, 3.05) is 0 Å². The predicted molar refractivity (Wildman–Crippen MR) is 15.1 cm³/mol. The third-order valence-corrected chi connectivity index (χ3v) is 0. The standard InChI is InChI=1S/Mg.O2Si.Ti.2H/c;1-3-2;;;/q+2;;;2*-1. The molecule has 0 radical (unpaired) electrons. The van der Waals surface area contributed by atoms with Gasteiger partial charge in [-0.1, -0.05) is 0 Å². The monoisotopic (exact) mass is 134 g/mol. The van der Waals surface area contributed by atoms with Crippen molar-refractivity contribution in [3.63, 3.8) is 0 Å². The Bertz CT molecular complexity index is 36.7. The summed E-state index contributed by atoms with van der Waals surface area (Å²) in [6, 6.07) is 0. The van der Waals surface area contributed by atoms with Crippen molar-refractivity contribution in [1.82, 2.24) is 0 Å². The minimum atomic E-state index is -1.42. The molecule has 0 fully saturated rings. The average Bonchev–Trinajstić information content (AvgIpc) is 0.918. The molecule has 0 rings (SSSR count). The molecule has 0 aromatic carbocycles. The summed E-state index contributed by atoms with van der Waals surface area (Å²) in [6.45, 7) is 0. The van der Waals surface area contributed by atoms with Crippen LogP contribution in [0.25, 0.3) is 0 Å². The first-order valence-electron chi connectivity index (χ1n) is 0.408. The molecule has 0 N–H and O–H groups in total. The zero-order chi connectivity index (χ0) is 2.71. The Kier molecular flexibility index (Phi) is 60.3. The molecule has 0 aromatic heterocycles. The van der Waals surface area contributed by atoms with Crippen LogP contribution in [-0.4, -0.2) is 32.3 Å². The van der Waals surface area contributed by atoms with Crippen LogP contribution in [-0.2, 0) is 30.6 Å². The average molecular weight is 134 g/mol. The molecule has 0 aliphatic heterocycles. The molecule has 5 heteroatoms. The van der Waals surface area contributed by atoms with Crippen molar-refractivity contribution < 1.29 is 33.5 Å². The minimum absolute atomic E-state index is 0. The normalized spacial score (nSPS) is 1.60. The van der Waals surface area contributed by atoms with Gasteiger partial charge >= 0.3 is 32.3 Å². The second-order valence-corrected chi connectivity index (χ2v) is 0.250. The molecular weight excluding hydrogens is 132 g/mol. The molecule has 0 saturated carbocycles. The molecule has 5 heavy (non-hydrogen) atoms. The zero-order valence-electron chi connectivity index (χ0n) is 4.52. The van der Waals surface area contributed by atoms with E-state index in [2.05, 4.69) is 0 Å². The molecular formula is H2MgO2SiTi. The van der Waals surface area contributed by atoms with Gasteiger partial charge in [0.05, 0.1) is 0 Å². The topological polar surface area (TPSA) is 34.1 Å². The maximum atomic E-state index is 8.40. The van der Waals surface area contributed by atoms with Gasteiger partial charge in [-0.15, -0.1) is 0 Å². The predicted octanol–water partition coefficient (Wildman–Crippen LogP) is -0.777. The van der Waals surface area contributed by atoms with Crippen LogP contribution >= 0.6 is 0 Å². The molecule has 2 nitrogen and oxygen atoms in total. The van der Waals surface area contributed by atoms with Crippen molar-refractivity contribution >= 4 is 32.3 Å². The van der Waals surface area contributed by atoms with Gasteiger partial charge in [-0.05, 0) is 0 Å². The van der Waals surface area contributed by atoms with E-state index in [1.807, 2.05) is 0 Å². The Labute approximate surface area is 65.6 Å². The van der Waals surface area contributed by atoms with E-state index in [1.54, 1.807) is 0 Å². The summed E-state index contributed by atoms with van der Waals surface area (Å²) in [5, 5.41) is 0. The van der Waals surface area contributed by atoms with Crippen LogP contribution in [0.4, 0.5) is 0 Å². The van der Waals surface area contributed by atoms with Crippen LogP contribution in [0, 0.1) is 0 Å². The second kappa shape index (κ2) is 18.5. The smallest absolute Gasteiger partial charge is 1.00 e. The number of hydrogen-bond acceptors (Lipinski definition) is 2. The van der Waals surface area contributed by atoms with E-state index < -0.39 is 9.29 Å². The largest absolute Gasteiger partial charge is 2.00 e. The first kappa shape index (κ1) is 16.3. The fourth-order valence-corrected chi connectivity index (χ4v) is 0. The first-order valence-corrected chi connectivity index (χ1v) is 1.22. The molecule has 0 saturated heterocycles. The van der Waals surface area contributed by atoms with E-state index in [4.69, 9.17) is 8.92 Å². The summed E-state index contributed by atoms with van der Waals surface area (Å²) < 4.78 is 16.8. The van der Waals surface area contributed by atoms with Gasteiger partial charge in [0.25, 0.3) is 0 Å². The summed E-state index contributed by atoms with van der Waals surface area (Å²) >= 11 is 0. The van der Waals surface area contributed by atoms with Gasteiger partial charge in [0.15, 0.2) is 0 Å². The van der Waals surface area contributed by atoms with Gasteiger partial charge in [0, 0.05) is 21.7 Å². The maximum absolute atomic E-state index is 8.40. The fraction of sp³-hybridized carbons (Fsp3) is 0. The van der Waals surface area contributed by atoms with Crippen LogP contribution in [0.1, 0.15) is 2.85 Å². The summed E-state index contributed by atoms with van der Waals surface area (Å²) in [6.07, 6.45) is 0. The SMILES string of the molecule is O=[Si]=O.[H-].[H-].[Mg+2].[Ti]. The number of rotatable bonds is 0. The second-order valence-electron chi connectivity index (χ2n) is 0.0833. The van der Waals surface area contributed by atoms with Crippen LogP contribution < -0.4 is 0 Å². The molecule has 0 atom stereocenters. The van der Waals surface area contributed by atoms with Gasteiger partial charge < -0.3 is 2.85 Å². The van der Waals surface area contributed by atoms with E-state index in [0.29, 0.717) is 0 Å². The molecule has 0 heterocycles. The van der Waals surface area contributed by atoms with Gasteiger partial charge in [-0.25, -0.2) is 0 Å².